The van der Waals surface area contributed by atoms with Crippen LogP contribution in [-0.4, -0.2) is 24.4 Å². The van der Waals surface area contributed by atoms with Gasteiger partial charge in [-0.25, -0.2) is 8.42 Å². The van der Waals surface area contributed by atoms with Crippen LogP contribution in [0.2, 0.25) is 5.02 Å². The summed E-state index contributed by atoms with van der Waals surface area (Å²) >= 11 is 5.54. The van der Waals surface area contributed by atoms with Crippen LogP contribution in [0.1, 0.15) is 10.4 Å². The zero-order chi connectivity index (χ0) is 10.8. The van der Waals surface area contributed by atoms with Gasteiger partial charge in [-0.1, -0.05) is 11.6 Å². The monoisotopic (exact) mass is 275 g/mol. The van der Waals surface area contributed by atoms with Gasteiger partial charge in [-0.15, -0.1) is 0 Å². The van der Waals surface area contributed by atoms with Crippen LogP contribution in [0.25, 0.3) is 0 Å². The molecule has 1 aromatic rings. The summed E-state index contributed by atoms with van der Waals surface area (Å²) in [5.74, 6) is -0.975. The molecule has 0 radical (unpaired) electrons. The van der Waals surface area contributed by atoms with Gasteiger partial charge in [-0.05, 0) is 24.3 Å². The van der Waals surface area contributed by atoms with E-state index in [2.05, 4.69) is 0 Å². The number of benzene rings is 1. The quantitative estimate of drug-likeness (QED) is 0.449. The Balaban J connectivity index is 0. The molecule has 0 atom stereocenters. The molecule has 1 aromatic carbocycles. The van der Waals surface area contributed by atoms with Crippen LogP contribution in [0.5, 0.6) is 0 Å². The second kappa shape index (κ2) is 7.23. The topological polar surface area (TPSA) is 118 Å². The molecule has 1 amide bonds. The maximum Gasteiger partial charge on any atom is 1.00 e. The number of hydrogen-bond acceptors (Lipinski definition) is 4. The van der Waals surface area contributed by atoms with Crippen LogP contribution < -0.4 is 34.3 Å². The first kappa shape index (κ1) is 18.2. The smallest absolute Gasteiger partial charge is 0.731 e. The van der Waals surface area contributed by atoms with E-state index in [9.17, 15) is 17.8 Å². The summed E-state index contributed by atoms with van der Waals surface area (Å²) in [6.45, 7) is 0. The fraction of sp³-hybridized carbons (Fsp3) is 0. The van der Waals surface area contributed by atoms with E-state index in [1.807, 2.05) is 0 Å². The molecule has 84 valence electrons. The van der Waals surface area contributed by atoms with Gasteiger partial charge in [-0.2, -0.15) is 0 Å². The molecule has 0 aromatic heterocycles. The molecule has 1 rings (SSSR count). The first-order chi connectivity index (χ1) is 6.38. The standard InChI is InChI=1S/C7H6ClNO4S.Na.H2O/c8-6-3-1-5(2-4-6)7(10)9-14(11,12)13;;/h1-4H,(H,9,10)(H,11,12,13);;1H2/q;+1;/p-1. The molecule has 0 spiro atoms. The van der Waals surface area contributed by atoms with Crippen LogP contribution in [0.15, 0.2) is 24.3 Å². The molecule has 0 saturated heterocycles. The fourth-order valence-corrected chi connectivity index (χ4v) is 1.24. The Kier molecular flexibility index (Phi) is 8.23. The van der Waals surface area contributed by atoms with Crippen molar-refractivity contribution in [2.24, 2.45) is 0 Å². The normalized spacial score (nSPS) is 9.62. The van der Waals surface area contributed by atoms with Crippen molar-refractivity contribution in [2.45, 2.75) is 0 Å². The summed E-state index contributed by atoms with van der Waals surface area (Å²) in [5, 5.41) is 0.409. The van der Waals surface area contributed by atoms with Gasteiger partial charge in [0, 0.05) is 10.6 Å². The van der Waals surface area contributed by atoms with Gasteiger partial charge in [0.2, 0.25) is 0 Å². The van der Waals surface area contributed by atoms with Gasteiger partial charge >= 0.3 is 29.6 Å². The van der Waals surface area contributed by atoms with Crippen molar-refractivity contribution in [3.8, 4) is 0 Å². The Hall–Kier alpha value is -0.150. The minimum absolute atomic E-state index is 0. The zero-order valence-electron chi connectivity index (χ0n) is 8.23. The predicted octanol–water partition coefficient (Wildman–Crippen LogP) is -3.29. The molecule has 6 nitrogen and oxygen atoms in total. The number of halogens is 1. The van der Waals surface area contributed by atoms with E-state index in [1.54, 1.807) is 0 Å². The zero-order valence-corrected chi connectivity index (χ0v) is 11.8. The number of carbonyl (C=O) groups is 1. The molecule has 0 aliphatic rings. The average Bonchev–Trinajstić information content (AvgIpc) is 2.02. The van der Waals surface area contributed by atoms with Crippen LogP contribution in [0.3, 0.4) is 0 Å². The largest absolute Gasteiger partial charge is 1.00 e. The number of carbonyl (C=O) groups excluding carboxylic acids is 1. The molecule has 0 heterocycles. The maximum absolute atomic E-state index is 11.0. The summed E-state index contributed by atoms with van der Waals surface area (Å²) in [6.07, 6.45) is 0. The van der Waals surface area contributed by atoms with Gasteiger partial charge in [0.05, 0.1) is 0 Å². The van der Waals surface area contributed by atoms with Gasteiger partial charge < -0.3 is 10.0 Å². The fourth-order valence-electron chi connectivity index (χ4n) is 0.774. The Labute approximate surface area is 119 Å². The molecule has 9 heteroatoms. The van der Waals surface area contributed by atoms with Crippen molar-refractivity contribution in [1.29, 1.82) is 0 Å². The van der Waals surface area contributed by atoms with Crippen molar-refractivity contribution in [2.75, 3.05) is 0 Å². The van der Waals surface area contributed by atoms with Crippen molar-refractivity contribution >= 4 is 27.8 Å². The van der Waals surface area contributed by atoms with Crippen molar-refractivity contribution in [1.82, 2.24) is 4.72 Å². The molecule has 0 aliphatic carbocycles. The van der Waals surface area contributed by atoms with E-state index in [4.69, 9.17) is 11.6 Å². The number of hydrogen-bond donors (Lipinski definition) is 1. The van der Waals surface area contributed by atoms with E-state index < -0.39 is 16.2 Å². The molecule has 0 aliphatic heterocycles. The number of rotatable bonds is 2. The van der Waals surface area contributed by atoms with E-state index in [1.165, 1.54) is 29.0 Å². The number of amides is 1. The molecular weight excluding hydrogens is 269 g/mol. The molecular formula is C7H7ClNNaO5S. The molecule has 16 heavy (non-hydrogen) atoms. The molecule has 0 fully saturated rings. The third kappa shape index (κ3) is 6.44. The Morgan fingerprint density at radius 3 is 2.06 bits per heavy atom. The summed E-state index contributed by atoms with van der Waals surface area (Å²) in [4.78, 5) is 11.0. The van der Waals surface area contributed by atoms with Gasteiger partial charge in [-0.3, -0.25) is 9.52 Å². The Bertz CT molecular complexity index is 446. The first-order valence-corrected chi connectivity index (χ1v) is 5.20. The molecule has 0 unspecified atom stereocenters. The van der Waals surface area contributed by atoms with Crippen LogP contribution in [-0.2, 0) is 10.3 Å². The first-order valence-electron chi connectivity index (χ1n) is 3.42. The van der Waals surface area contributed by atoms with Crippen molar-refractivity contribution < 1.29 is 52.8 Å². The van der Waals surface area contributed by atoms with Crippen LogP contribution >= 0.6 is 11.6 Å². The summed E-state index contributed by atoms with van der Waals surface area (Å²) in [7, 11) is -4.76. The van der Waals surface area contributed by atoms with E-state index in [0.717, 1.165) is 0 Å². The van der Waals surface area contributed by atoms with Gasteiger partial charge in [0.15, 0.2) is 10.3 Å². The van der Waals surface area contributed by atoms with Crippen molar-refractivity contribution in [3.63, 3.8) is 0 Å². The van der Waals surface area contributed by atoms with E-state index in [0.29, 0.717) is 5.02 Å². The SMILES string of the molecule is O.O=C(NS(=O)(=O)[O-])c1ccc(Cl)cc1.[Na+]. The minimum Gasteiger partial charge on any atom is -0.731 e. The van der Waals surface area contributed by atoms with E-state index >= 15 is 0 Å². The van der Waals surface area contributed by atoms with Crippen LogP contribution in [0.4, 0.5) is 0 Å². The molecule has 0 bridgehead atoms. The predicted molar refractivity (Wildman–Crippen MR) is 52.2 cm³/mol. The molecule has 3 N–H and O–H groups in total. The maximum atomic E-state index is 11.0. The summed E-state index contributed by atoms with van der Waals surface area (Å²) < 4.78 is 31.8. The van der Waals surface area contributed by atoms with Gasteiger partial charge in [0.1, 0.15) is 0 Å². The summed E-state index contributed by atoms with van der Waals surface area (Å²) in [5.41, 5.74) is 0.0498. The summed E-state index contributed by atoms with van der Waals surface area (Å²) in [6, 6.07) is 5.44. The van der Waals surface area contributed by atoms with Gasteiger partial charge in [0.25, 0.3) is 5.91 Å². The van der Waals surface area contributed by atoms with Crippen molar-refractivity contribution in [3.05, 3.63) is 34.9 Å². The third-order valence-corrected chi connectivity index (χ3v) is 2.01. The second-order valence-electron chi connectivity index (χ2n) is 2.39. The Morgan fingerprint density at radius 1 is 1.25 bits per heavy atom. The Morgan fingerprint density at radius 2 is 1.69 bits per heavy atom. The minimum atomic E-state index is -4.76. The average molecular weight is 276 g/mol. The number of nitrogens with one attached hydrogen (secondary N) is 1. The van der Waals surface area contributed by atoms with Crippen LogP contribution in [0, 0.1) is 0 Å². The molecule has 0 saturated carbocycles. The third-order valence-electron chi connectivity index (χ3n) is 1.32. The van der Waals surface area contributed by atoms with E-state index in [-0.39, 0.29) is 40.6 Å². The second-order valence-corrected chi connectivity index (χ2v) is 3.94.